The molecule has 1 rings (SSSR count). The van der Waals surface area contributed by atoms with Crippen molar-refractivity contribution in [2.45, 2.75) is 38.4 Å². The first-order valence-electron chi connectivity index (χ1n) is 5.49. The summed E-state index contributed by atoms with van der Waals surface area (Å²) in [5.74, 6) is -0.402. The van der Waals surface area contributed by atoms with Gasteiger partial charge in [-0.3, -0.25) is 9.79 Å². The highest BCUT2D eigenvalue weighted by molar-refractivity contribution is 6.69. The Morgan fingerprint density at radius 1 is 1.61 bits per heavy atom. The van der Waals surface area contributed by atoms with Gasteiger partial charge in [-0.05, 0) is 25.3 Å². The summed E-state index contributed by atoms with van der Waals surface area (Å²) in [6.45, 7) is 1.95. The number of rotatable bonds is 4. The molecule has 0 aromatic carbocycles. The number of halogens is 4. The molecule has 3 nitrogen and oxygen atoms in total. The van der Waals surface area contributed by atoms with Crippen LogP contribution in [0.25, 0.3) is 0 Å². The Morgan fingerprint density at radius 3 is 2.78 bits per heavy atom. The minimum Gasteiger partial charge on any atom is -0.466 e. The van der Waals surface area contributed by atoms with Crippen LogP contribution in [-0.4, -0.2) is 30.0 Å². The quantitative estimate of drug-likeness (QED) is 0.743. The van der Waals surface area contributed by atoms with Crippen molar-refractivity contribution in [2.75, 3.05) is 6.61 Å². The minimum absolute atomic E-state index is 0.0854. The maximum absolute atomic E-state index is 12.4. The number of alkyl halides is 3. The van der Waals surface area contributed by atoms with Gasteiger partial charge in [0.15, 0.2) is 6.04 Å². The van der Waals surface area contributed by atoms with E-state index in [2.05, 4.69) is 4.99 Å². The summed E-state index contributed by atoms with van der Waals surface area (Å²) in [7, 11) is 0. The molecular weight excluding hydrogens is 271 g/mol. The first-order valence-corrected chi connectivity index (χ1v) is 5.87. The number of hydrogen-bond acceptors (Lipinski definition) is 3. The molecule has 0 saturated heterocycles. The van der Waals surface area contributed by atoms with E-state index in [0.29, 0.717) is 5.57 Å². The van der Waals surface area contributed by atoms with Gasteiger partial charge in [0.05, 0.1) is 6.61 Å². The maximum Gasteiger partial charge on any atom is 0.411 e. The van der Waals surface area contributed by atoms with E-state index in [9.17, 15) is 18.0 Å². The average molecular weight is 284 g/mol. The van der Waals surface area contributed by atoms with Crippen molar-refractivity contribution in [3.8, 4) is 0 Å². The van der Waals surface area contributed by atoms with Crippen molar-refractivity contribution in [1.82, 2.24) is 0 Å². The molecule has 1 atom stereocenters. The molecule has 0 spiro atoms. The van der Waals surface area contributed by atoms with E-state index in [1.165, 1.54) is 6.08 Å². The van der Waals surface area contributed by atoms with Gasteiger partial charge in [0, 0.05) is 6.42 Å². The van der Waals surface area contributed by atoms with Crippen LogP contribution in [0.5, 0.6) is 0 Å². The molecule has 1 aliphatic rings. The molecular formula is C11H13ClF3NO2. The number of hydrogen-bond donors (Lipinski definition) is 0. The fraction of sp³-hybridized carbons (Fsp3) is 0.636. The summed E-state index contributed by atoms with van der Waals surface area (Å²) in [5, 5.41) is -0.173. The molecule has 0 bridgehead atoms. The molecule has 7 heteroatoms. The summed E-state index contributed by atoms with van der Waals surface area (Å²) >= 11 is 5.67. The van der Waals surface area contributed by atoms with Crippen LogP contribution in [0, 0.1) is 0 Å². The Morgan fingerprint density at radius 2 is 2.28 bits per heavy atom. The first-order chi connectivity index (χ1) is 8.34. The Bertz CT molecular complexity index is 377. The van der Waals surface area contributed by atoms with Crippen molar-refractivity contribution < 1.29 is 22.7 Å². The number of esters is 1. The molecule has 0 aromatic heterocycles. The number of ether oxygens (including phenoxy) is 1. The van der Waals surface area contributed by atoms with Gasteiger partial charge in [0.1, 0.15) is 5.17 Å². The topological polar surface area (TPSA) is 38.7 Å². The number of dihydropyridines is 1. The maximum atomic E-state index is 12.4. The van der Waals surface area contributed by atoms with Crippen LogP contribution in [0.3, 0.4) is 0 Å². The fourth-order valence-corrected chi connectivity index (χ4v) is 1.78. The van der Waals surface area contributed by atoms with E-state index in [-0.39, 0.29) is 31.0 Å². The largest absolute Gasteiger partial charge is 0.466 e. The molecule has 0 radical (unpaired) electrons. The molecule has 0 amide bonds. The van der Waals surface area contributed by atoms with E-state index < -0.39 is 18.2 Å². The summed E-state index contributed by atoms with van der Waals surface area (Å²) < 4.78 is 41.9. The lowest BCUT2D eigenvalue weighted by molar-refractivity contribution is -0.146. The molecule has 102 valence electrons. The fourth-order valence-electron chi connectivity index (χ4n) is 1.49. The summed E-state index contributed by atoms with van der Waals surface area (Å²) in [5.41, 5.74) is 0.463. The second-order valence-electron chi connectivity index (χ2n) is 3.75. The molecule has 1 aliphatic heterocycles. The van der Waals surface area contributed by atoms with E-state index in [1.54, 1.807) is 6.92 Å². The third kappa shape index (κ3) is 4.33. The highest BCUT2D eigenvalue weighted by Gasteiger charge is 2.40. The van der Waals surface area contributed by atoms with Gasteiger partial charge < -0.3 is 4.74 Å². The molecule has 1 unspecified atom stereocenters. The SMILES string of the molecule is CCOC(=O)CCC1=CCC(C(F)(F)F)N=C1Cl. The predicted molar refractivity (Wildman–Crippen MR) is 61.7 cm³/mol. The average Bonchev–Trinajstić information content (AvgIpc) is 2.26. The van der Waals surface area contributed by atoms with Crippen molar-refractivity contribution in [3.63, 3.8) is 0 Å². The highest BCUT2D eigenvalue weighted by Crippen LogP contribution is 2.30. The van der Waals surface area contributed by atoms with Crippen molar-refractivity contribution in [3.05, 3.63) is 11.6 Å². The molecule has 0 saturated carbocycles. The van der Waals surface area contributed by atoms with Crippen LogP contribution < -0.4 is 0 Å². The van der Waals surface area contributed by atoms with Gasteiger partial charge in [0.2, 0.25) is 0 Å². The molecule has 18 heavy (non-hydrogen) atoms. The van der Waals surface area contributed by atoms with Crippen molar-refractivity contribution in [1.29, 1.82) is 0 Å². The van der Waals surface area contributed by atoms with Gasteiger partial charge in [0.25, 0.3) is 0 Å². The van der Waals surface area contributed by atoms with Gasteiger partial charge in [-0.15, -0.1) is 0 Å². The zero-order valence-corrected chi connectivity index (χ0v) is 10.5. The van der Waals surface area contributed by atoms with E-state index in [4.69, 9.17) is 16.3 Å². The van der Waals surface area contributed by atoms with Crippen LogP contribution >= 0.6 is 11.6 Å². The summed E-state index contributed by atoms with van der Waals surface area (Å²) in [6.07, 6.45) is -2.91. The number of allylic oxidation sites excluding steroid dienone is 1. The molecule has 0 N–H and O–H groups in total. The predicted octanol–water partition coefficient (Wildman–Crippen LogP) is 3.23. The zero-order valence-electron chi connectivity index (χ0n) is 9.76. The number of aliphatic imine (C=N–C) groups is 1. The smallest absolute Gasteiger partial charge is 0.411 e. The third-order valence-corrected chi connectivity index (χ3v) is 2.74. The van der Waals surface area contributed by atoms with Gasteiger partial charge in [-0.25, -0.2) is 0 Å². The van der Waals surface area contributed by atoms with Crippen LogP contribution in [0.4, 0.5) is 13.2 Å². The van der Waals surface area contributed by atoms with Gasteiger partial charge in [-0.1, -0.05) is 17.7 Å². The summed E-state index contributed by atoms with van der Waals surface area (Å²) in [6, 6.07) is -1.78. The molecule has 0 aromatic rings. The Hall–Kier alpha value is -1.04. The first kappa shape index (κ1) is 15.0. The number of nitrogens with zero attached hydrogens (tertiary/aromatic N) is 1. The van der Waals surface area contributed by atoms with Gasteiger partial charge >= 0.3 is 12.1 Å². The van der Waals surface area contributed by atoms with Crippen molar-refractivity contribution >= 4 is 22.7 Å². The Balaban J connectivity index is 2.54. The summed E-state index contributed by atoms with van der Waals surface area (Å²) in [4.78, 5) is 14.5. The second-order valence-corrected chi connectivity index (χ2v) is 4.11. The Kier molecular flexibility index (Phi) is 5.19. The third-order valence-electron chi connectivity index (χ3n) is 2.40. The lowest BCUT2D eigenvalue weighted by atomic mass is 10.0. The second kappa shape index (κ2) is 6.22. The minimum atomic E-state index is -4.39. The van der Waals surface area contributed by atoms with Crippen LogP contribution in [0.15, 0.2) is 16.6 Å². The van der Waals surface area contributed by atoms with E-state index in [0.717, 1.165) is 0 Å². The normalized spacial score (nSPS) is 20.2. The molecule has 0 fully saturated rings. The standard InChI is InChI=1S/C11H13ClF3NO2/c1-2-18-9(17)6-4-7-3-5-8(11(13,14)15)16-10(7)12/h3,8H,2,4-6H2,1H3. The molecule has 0 aliphatic carbocycles. The molecule has 1 heterocycles. The van der Waals surface area contributed by atoms with E-state index >= 15 is 0 Å². The van der Waals surface area contributed by atoms with Crippen LogP contribution in [0.2, 0.25) is 0 Å². The van der Waals surface area contributed by atoms with Crippen molar-refractivity contribution in [2.24, 2.45) is 4.99 Å². The van der Waals surface area contributed by atoms with Crippen LogP contribution in [0.1, 0.15) is 26.2 Å². The monoisotopic (exact) mass is 283 g/mol. The van der Waals surface area contributed by atoms with E-state index in [1.807, 2.05) is 0 Å². The lowest BCUT2D eigenvalue weighted by Gasteiger charge is -2.20. The van der Waals surface area contributed by atoms with Crippen LogP contribution in [-0.2, 0) is 9.53 Å². The number of carbonyl (C=O) groups is 1. The lowest BCUT2D eigenvalue weighted by Crippen LogP contribution is -2.29. The van der Waals surface area contributed by atoms with Gasteiger partial charge in [-0.2, -0.15) is 13.2 Å². The Labute approximate surface area is 108 Å². The number of carbonyl (C=O) groups excluding carboxylic acids is 1. The zero-order chi connectivity index (χ0) is 13.8. The highest BCUT2D eigenvalue weighted by atomic mass is 35.5.